The summed E-state index contributed by atoms with van der Waals surface area (Å²) in [6.07, 6.45) is 5.58. The van der Waals surface area contributed by atoms with Gasteiger partial charge in [-0.15, -0.1) is 0 Å². The molecule has 3 rings (SSSR count). The summed E-state index contributed by atoms with van der Waals surface area (Å²) in [5.41, 5.74) is 4.89. The van der Waals surface area contributed by atoms with Crippen molar-refractivity contribution < 1.29 is 0 Å². The third kappa shape index (κ3) is 6.30. The smallest absolute Gasteiger partial charge is 0.173 e. The van der Waals surface area contributed by atoms with Crippen LogP contribution in [0.3, 0.4) is 0 Å². The minimum atomic E-state index is 0.667. The molecule has 0 aliphatic heterocycles. The van der Waals surface area contributed by atoms with Gasteiger partial charge in [0.05, 0.1) is 18.0 Å². The zero-order chi connectivity index (χ0) is 22.2. The van der Waals surface area contributed by atoms with E-state index in [2.05, 4.69) is 32.8 Å². The Labute approximate surface area is 194 Å². The molecule has 2 aromatic carbocycles. The summed E-state index contributed by atoms with van der Waals surface area (Å²) in [7, 11) is 0. The molecule has 1 aromatic heterocycles. The predicted molar refractivity (Wildman–Crippen MR) is 130 cm³/mol. The fourth-order valence-electron chi connectivity index (χ4n) is 3.29. The largest absolute Gasteiger partial charge is 0.349 e. The van der Waals surface area contributed by atoms with Crippen molar-refractivity contribution in [3.8, 4) is 6.07 Å². The van der Waals surface area contributed by atoms with Gasteiger partial charge in [-0.05, 0) is 61.0 Å². The second-order valence-electron chi connectivity index (χ2n) is 7.45. The van der Waals surface area contributed by atoms with Crippen LogP contribution in [0.1, 0.15) is 35.7 Å². The van der Waals surface area contributed by atoms with Crippen molar-refractivity contribution in [3.63, 3.8) is 0 Å². The Hall–Kier alpha value is -2.88. The second-order valence-corrected chi connectivity index (χ2v) is 8.25. The van der Waals surface area contributed by atoms with E-state index in [0.29, 0.717) is 10.7 Å². The Bertz CT molecular complexity index is 1070. The molecular weight excluding hydrogens is 426 g/mol. The summed E-state index contributed by atoms with van der Waals surface area (Å²) < 4.78 is 2.14. The highest BCUT2D eigenvalue weighted by Crippen LogP contribution is 2.20. The SMILES string of the molecule is CCCN(CCc1cncn1Cc1ccc(C#N)cc1)C(=S)Nc1ccc(C)c(Cl)c1. The number of aryl methyl sites for hydroxylation is 1. The summed E-state index contributed by atoms with van der Waals surface area (Å²) in [6.45, 7) is 6.51. The molecule has 5 nitrogen and oxygen atoms in total. The number of nitrogens with one attached hydrogen (secondary N) is 1. The molecule has 1 N–H and O–H groups in total. The van der Waals surface area contributed by atoms with Crippen LogP contribution in [0.4, 0.5) is 5.69 Å². The first kappa shape index (κ1) is 22.8. The van der Waals surface area contributed by atoms with Crippen LogP contribution in [0.2, 0.25) is 5.02 Å². The lowest BCUT2D eigenvalue weighted by Gasteiger charge is -2.26. The monoisotopic (exact) mass is 451 g/mol. The molecule has 1 heterocycles. The molecule has 3 aromatic rings. The lowest BCUT2D eigenvalue weighted by molar-refractivity contribution is 0.423. The van der Waals surface area contributed by atoms with Crippen molar-refractivity contribution >= 4 is 34.6 Å². The molecule has 31 heavy (non-hydrogen) atoms. The van der Waals surface area contributed by atoms with Crippen molar-refractivity contribution in [2.45, 2.75) is 33.2 Å². The topological polar surface area (TPSA) is 56.9 Å². The number of rotatable bonds is 8. The van der Waals surface area contributed by atoms with Gasteiger partial charge in [0.1, 0.15) is 0 Å². The Morgan fingerprint density at radius 2 is 2.00 bits per heavy atom. The van der Waals surface area contributed by atoms with Gasteiger partial charge in [0.25, 0.3) is 0 Å². The maximum Gasteiger partial charge on any atom is 0.173 e. The third-order valence-corrected chi connectivity index (χ3v) is 5.84. The zero-order valence-electron chi connectivity index (χ0n) is 17.8. The van der Waals surface area contributed by atoms with Crippen molar-refractivity contribution in [2.75, 3.05) is 18.4 Å². The van der Waals surface area contributed by atoms with Gasteiger partial charge in [0.15, 0.2) is 5.11 Å². The molecule has 160 valence electrons. The van der Waals surface area contributed by atoms with Crippen molar-refractivity contribution in [1.29, 1.82) is 5.26 Å². The van der Waals surface area contributed by atoms with Crippen LogP contribution < -0.4 is 5.32 Å². The van der Waals surface area contributed by atoms with E-state index in [4.69, 9.17) is 29.1 Å². The van der Waals surface area contributed by atoms with E-state index in [1.807, 2.05) is 61.9 Å². The Morgan fingerprint density at radius 3 is 2.68 bits per heavy atom. The number of hydrogen-bond donors (Lipinski definition) is 1. The number of nitriles is 1. The van der Waals surface area contributed by atoms with Crippen LogP contribution in [0.25, 0.3) is 0 Å². The standard InChI is InChI=1S/C24H26ClN5S/c1-3-11-29(24(31)28-21-9-4-18(2)23(25)13-21)12-10-22-15-27-17-30(22)16-20-7-5-19(14-26)6-8-20/h4-9,13,15,17H,3,10-12,16H2,1-2H3,(H,28,31). The van der Waals surface area contributed by atoms with Gasteiger partial charge < -0.3 is 14.8 Å². The zero-order valence-corrected chi connectivity index (χ0v) is 19.4. The van der Waals surface area contributed by atoms with Crippen molar-refractivity contribution in [2.24, 2.45) is 0 Å². The minimum Gasteiger partial charge on any atom is -0.349 e. The summed E-state index contributed by atoms with van der Waals surface area (Å²) in [4.78, 5) is 6.52. The van der Waals surface area contributed by atoms with Crippen LogP contribution in [0, 0.1) is 18.3 Å². The van der Waals surface area contributed by atoms with Crippen LogP contribution in [0.15, 0.2) is 55.0 Å². The average molecular weight is 452 g/mol. The van der Waals surface area contributed by atoms with E-state index in [0.717, 1.165) is 60.0 Å². The van der Waals surface area contributed by atoms with Crippen molar-refractivity contribution in [3.05, 3.63) is 82.4 Å². The van der Waals surface area contributed by atoms with Gasteiger partial charge in [-0.1, -0.05) is 36.7 Å². The van der Waals surface area contributed by atoms with E-state index >= 15 is 0 Å². The molecule has 0 saturated carbocycles. The van der Waals surface area contributed by atoms with Crippen molar-refractivity contribution in [1.82, 2.24) is 14.5 Å². The van der Waals surface area contributed by atoms with E-state index in [1.165, 1.54) is 0 Å². The molecule has 0 unspecified atom stereocenters. The van der Waals surface area contributed by atoms with E-state index in [9.17, 15) is 0 Å². The first-order valence-electron chi connectivity index (χ1n) is 10.3. The molecule has 0 fully saturated rings. The van der Waals surface area contributed by atoms with E-state index in [1.54, 1.807) is 0 Å². The maximum atomic E-state index is 8.97. The minimum absolute atomic E-state index is 0.667. The lowest BCUT2D eigenvalue weighted by atomic mass is 10.1. The molecule has 0 aliphatic carbocycles. The normalized spacial score (nSPS) is 10.5. The molecule has 0 saturated heterocycles. The first-order chi connectivity index (χ1) is 15.0. The highest BCUT2D eigenvalue weighted by atomic mass is 35.5. The molecule has 0 aliphatic rings. The molecular formula is C24H26ClN5S. The van der Waals surface area contributed by atoms with Gasteiger partial charge in [0, 0.05) is 48.7 Å². The number of thiocarbonyl (C=S) groups is 1. The number of hydrogen-bond acceptors (Lipinski definition) is 3. The fourth-order valence-corrected chi connectivity index (χ4v) is 3.77. The van der Waals surface area contributed by atoms with Crippen LogP contribution >= 0.6 is 23.8 Å². The summed E-state index contributed by atoms with van der Waals surface area (Å²) >= 11 is 11.9. The molecule has 0 radical (unpaired) electrons. The van der Waals surface area contributed by atoms with Gasteiger partial charge in [0.2, 0.25) is 0 Å². The summed E-state index contributed by atoms with van der Waals surface area (Å²) in [5.74, 6) is 0. The molecule has 7 heteroatoms. The van der Waals surface area contributed by atoms with Gasteiger partial charge in [-0.25, -0.2) is 4.98 Å². The maximum absolute atomic E-state index is 8.97. The predicted octanol–water partition coefficient (Wildman–Crippen LogP) is 5.42. The van der Waals surface area contributed by atoms with Gasteiger partial charge >= 0.3 is 0 Å². The molecule has 0 atom stereocenters. The first-order valence-corrected chi connectivity index (χ1v) is 11.1. The fraction of sp³-hybridized carbons (Fsp3) is 0.292. The quantitative estimate of drug-likeness (QED) is 0.463. The van der Waals surface area contributed by atoms with Crippen LogP contribution in [0.5, 0.6) is 0 Å². The van der Waals surface area contributed by atoms with Gasteiger partial charge in [-0.3, -0.25) is 0 Å². The number of anilines is 1. The Kier molecular flexibility index (Phi) is 8.05. The number of halogens is 1. The number of aromatic nitrogens is 2. The number of benzene rings is 2. The van der Waals surface area contributed by atoms with Gasteiger partial charge in [-0.2, -0.15) is 5.26 Å². The van der Waals surface area contributed by atoms with Crippen LogP contribution in [-0.2, 0) is 13.0 Å². The molecule has 0 amide bonds. The average Bonchev–Trinajstić information content (AvgIpc) is 3.21. The summed E-state index contributed by atoms with van der Waals surface area (Å²) in [6, 6.07) is 15.7. The number of nitrogens with zero attached hydrogens (tertiary/aromatic N) is 4. The highest BCUT2D eigenvalue weighted by molar-refractivity contribution is 7.80. The third-order valence-electron chi connectivity index (χ3n) is 5.08. The number of imidazole rings is 1. The summed E-state index contributed by atoms with van der Waals surface area (Å²) in [5, 5.41) is 13.7. The highest BCUT2D eigenvalue weighted by Gasteiger charge is 2.12. The van der Waals surface area contributed by atoms with E-state index in [-0.39, 0.29) is 0 Å². The Morgan fingerprint density at radius 1 is 1.23 bits per heavy atom. The molecule has 0 spiro atoms. The second kappa shape index (κ2) is 10.9. The van der Waals surface area contributed by atoms with Crippen LogP contribution in [-0.4, -0.2) is 32.7 Å². The van der Waals surface area contributed by atoms with E-state index < -0.39 is 0 Å². The Balaban J connectivity index is 1.63. The molecule has 0 bridgehead atoms. The lowest BCUT2D eigenvalue weighted by Crippen LogP contribution is -2.37.